The zero-order chi connectivity index (χ0) is 21.7. The van der Waals surface area contributed by atoms with E-state index in [1.165, 1.54) is 0 Å². The zero-order valence-corrected chi connectivity index (χ0v) is 20.1. The van der Waals surface area contributed by atoms with Gasteiger partial charge in [-0.1, -0.05) is 13.0 Å². The maximum atomic E-state index is 5.86. The van der Waals surface area contributed by atoms with Crippen molar-refractivity contribution in [3.8, 4) is 5.75 Å². The molecule has 0 saturated carbocycles. The molecule has 0 saturated heterocycles. The van der Waals surface area contributed by atoms with Crippen LogP contribution in [0, 0.1) is 12.8 Å². The van der Waals surface area contributed by atoms with E-state index in [9.17, 15) is 0 Å². The lowest BCUT2D eigenvalue weighted by Crippen LogP contribution is -2.24. The first-order chi connectivity index (χ1) is 13.9. The number of benzene rings is 1. The van der Waals surface area contributed by atoms with Gasteiger partial charge in [0.1, 0.15) is 12.4 Å². The molecule has 1 rings (SSSR count). The van der Waals surface area contributed by atoms with E-state index in [1.807, 2.05) is 39.0 Å². The van der Waals surface area contributed by atoms with Crippen LogP contribution in [0.4, 0.5) is 0 Å². The van der Waals surface area contributed by atoms with E-state index < -0.39 is 6.64 Å². The second-order valence-electron chi connectivity index (χ2n) is 6.55. The number of aryl methyl sites for hydroxylation is 1. The fourth-order valence-corrected chi connectivity index (χ4v) is 4.82. The van der Waals surface area contributed by atoms with Gasteiger partial charge >= 0.3 is 0 Å². The summed E-state index contributed by atoms with van der Waals surface area (Å²) in [5, 5.41) is 3.26. The van der Waals surface area contributed by atoms with Crippen LogP contribution in [-0.2, 0) is 35.1 Å². The Balaban J connectivity index is 2.50. The van der Waals surface area contributed by atoms with E-state index in [0.717, 1.165) is 16.9 Å². The molecule has 2 atom stereocenters. The van der Waals surface area contributed by atoms with Gasteiger partial charge in [0.2, 0.25) is 0 Å². The minimum Gasteiger partial charge on any atom is -0.491 e. The summed E-state index contributed by atoms with van der Waals surface area (Å²) < 4.78 is 33.4. The fourth-order valence-electron chi connectivity index (χ4n) is 2.61. The second-order valence-corrected chi connectivity index (χ2v) is 9.82. The van der Waals surface area contributed by atoms with Crippen molar-refractivity contribution in [1.82, 2.24) is 5.09 Å². The lowest BCUT2D eigenvalue weighted by molar-refractivity contribution is -0.106. The predicted molar refractivity (Wildman–Crippen MR) is 119 cm³/mol. The van der Waals surface area contributed by atoms with Gasteiger partial charge in [-0.2, -0.15) is 0 Å². The van der Waals surface area contributed by atoms with Crippen molar-refractivity contribution in [3.63, 3.8) is 0 Å². The molecule has 0 heterocycles. The van der Waals surface area contributed by atoms with Crippen molar-refractivity contribution in [1.29, 1.82) is 0 Å². The van der Waals surface area contributed by atoms with Crippen molar-refractivity contribution >= 4 is 18.4 Å². The Morgan fingerprint density at radius 3 is 2.38 bits per heavy atom. The normalized spacial score (nSPS) is 14.7. The van der Waals surface area contributed by atoms with Crippen LogP contribution < -0.4 is 9.82 Å². The van der Waals surface area contributed by atoms with Crippen LogP contribution in [0.2, 0.25) is 0 Å². The van der Waals surface area contributed by atoms with Crippen LogP contribution in [0.25, 0.3) is 0 Å². The van der Waals surface area contributed by atoms with Crippen LogP contribution in [-0.4, -0.2) is 53.8 Å². The quantitative estimate of drug-likeness (QED) is 0.229. The average Bonchev–Trinajstić information content (AvgIpc) is 2.70. The summed E-state index contributed by atoms with van der Waals surface area (Å²) in [5.41, 5.74) is 2.00. The Morgan fingerprint density at radius 1 is 1.07 bits per heavy atom. The SMILES string of the molecule is CCOCC(C)CNP(=S)(OCC)OCCOc1ccc(C(OC)OC)c(C)c1. The van der Waals surface area contributed by atoms with E-state index in [2.05, 4.69) is 12.0 Å². The largest absolute Gasteiger partial charge is 0.491 e. The lowest BCUT2D eigenvalue weighted by atomic mass is 10.1. The molecule has 0 radical (unpaired) electrons. The summed E-state index contributed by atoms with van der Waals surface area (Å²) in [5.74, 6) is 1.07. The van der Waals surface area contributed by atoms with Gasteiger partial charge in [-0.25, -0.2) is 5.09 Å². The lowest BCUT2D eigenvalue weighted by Gasteiger charge is -2.24. The Hall–Kier alpha value is -0.570. The Morgan fingerprint density at radius 2 is 1.79 bits per heavy atom. The number of nitrogens with one attached hydrogen (secondary N) is 1. The molecule has 0 aliphatic carbocycles. The Bertz CT molecular complexity index is 629. The molecule has 1 N–H and O–H groups in total. The zero-order valence-electron chi connectivity index (χ0n) is 18.4. The van der Waals surface area contributed by atoms with E-state index in [0.29, 0.717) is 45.5 Å². The molecule has 0 spiro atoms. The van der Waals surface area contributed by atoms with E-state index in [-0.39, 0.29) is 6.29 Å². The van der Waals surface area contributed by atoms with Crippen LogP contribution in [0.3, 0.4) is 0 Å². The van der Waals surface area contributed by atoms with Crippen LogP contribution >= 0.6 is 6.64 Å². The molecular weight excluding hydrogens is 413 g/mol. The smallest absolute Gasteiger partial charge is 0.261 e. The highest BCUT2D eigenvalue weighted by molar-refractivity contribution is 8.08. The van der Waals surface area contributed by atoms with Crippen LogP contribution in [0.1, 0.15) is 38.2 Å². The van der Waals surface area contributed by atoms with E-state index >= 15 is 0 Å². The minimum absolute atomic E-state index is 0.321. The standard InChI is InChI=1S/C20H36NO6PS/c1-7-24-15-16(3)14-21-28(29,26-8-2)27-12-11-25-18-9-10-19(17(4)13-18)20(22-5)23-6/h9-10,13,16,20H,7-8,11-12,14-15H2,1-6H3,(H,21,29). The number of rotatable bonds is 16. The third kappa shape index (κ3) is 9.85. The van der Waals surface area contributed by atoms with Crippen LogP contribution in [0.5, 0.6) is 5.75 Å². The second kappa shape index (κ2) is 14.4. The molecule has 9 heteroatoms. The first-order valence-corrected chi connectivity index (χ1v) is 12.5. The first-order valence-electron chi connectivity index (χ1n) is 9.90. The molecule has 2 unspecified atom stereocenters. The molecule has 168 valence electrons. The van der Waals surface area contributed by atoms with Gasteiger partial charge in [0.15, 0.2) is 6.29 Å². The van der Waals surface area contributed by atoms with Crippen molar-refractivity contribution < 1.29 is 28.0 Å². The van der Waals surface area contributed by atoms with Crippen molar-refractivity contribution in [2.24, 2.45) is 5.92 Å². The third-order valence-electron chi connectivity index (χ3n) is 4.08. The van der Waals surface area contributed by atoms with Gasteiger partial charge in [0, 0.05) is 32.9 Å². The fraction of sp³-hybridized carbons (Fsp3) is 0.700. The first kappa shape index (κ1) is 26.5. The highest BCUT2D eigenvalue weighted by atomic mass is 32.5. The summed E-state index contributed by atoms with van der Waals surface area (Å²) in [7, 11) is 3.23. The average molecular weight is 450 g/mol. The maximum absolute atomic E-state index is 5.86. The van der Waals surface area contributed by atoms with Crippen molar-refractivity contribution in [2.75, 3.05) is 53.8 Å². The molecule has 0 aromatic heterocycles. The minimum atomic E-state index is -2.55. The molecule has 0 aliphatic rings. The summed E-state index contributed by atoms with van der Waals surface area (Å²) in [6.45, 7) is 8.69. The molecule has 0 amide bonds. The molecular formula is C20H36NO6PS. The third-order valence-corrected chi connectivity index (χ3v) is 6.79. The van der Waals surface area contributed by atoms with Gasteiger partial charge in [0.25, 0.3) is 6.64 Å². The van der Waals surface area contributed by atoms with Gasteiger partial charge in [-0.3, -0.25) is 0 Å². The number of methoxy groups -OCH3 is 2. The Kier molecular flexibility index (Phi) is 13.2. The van der Waals surface area contributed by atoms with Crippen molar-refractivity contribution in [2.45, 2.75) is 34.0 Å². The number of ether oxygens (including phenoxy) is 4. The number of hydrogen-bond acceptors (Lipinski definition) is 7. The highest BCUT2D eigenvalue weighted by Gasteiger charge is 2.19. The molecule has 0 aliphatic heterocycles. The molecule has 7 nitrogen and oxygen atoms in total. The van der Waals surface area contributed by atoms with Gasteiger partial charge in [-0.05, 0) is 56.2 Å². The number of hydrogen-bond donors (Lipinski definition) is 1. The molecule has 1 aromatic carbocycles. The van der Waals surface area contributed by atoms with E-state index in [4.69, 9.17) is 39.8 Å². The monoisotopic (exact) mass is 449 g/mol. The topological polar surface area (TPSA) is 67.4 Å². The highest BCUT2D eigenvalue weighted by Crippen LogP contribution is 2.43. The summed E-state index contributed by atoms with van der Waals surface area (Å²) in [4.78, 5) is 0. The molecule has 0 bridgehead atoms. The van der Waals surface area contributed by atoms with E-state index in [1.54, 1.807) is 14.2 Å². The van der Waals surface area contributed by atoms with Crippen LogP contribution in [0.15, 0.2) is 18.2 Å². The predicted octanol–water partition coefficient (Wildman–Crippen LogP) is 4.21. The van der Waals surface area contributed by atoms with Gasteiger partial charge < -0.3 is 28.0 Å². The Labute approximate surface area is 180 Å². The summed E-state index contributed by atoms with van der Waals surface area (Å²) in [6.07, 6.45) is -0.389. The van der Waals surface area contributed by atoms with Gasteiger partial charge in [-0.15, -0.1) is 0 Å². The summed E-state index contributed by atoms with van der Waals surface area (Å²) >= 11 is 5.59. The molecule has 0 fully saturated rings. The summed E-state index contributed by atoms with van der Waals surface area (Å²) in [6, 6.07) is 5.78. The van der Waals surface area contributed by atoms with Crippen molar-refractivity contribution in [3.05, 3.63) is 29.3 Å². The molecule has 1 aromatic rings. The molecule has 29 heavy (non-hydrogen) atoms. The maximum Gasteiger partial charge on any atom is 0.261 e. The van der Waals surface area contributed by atoms with Gasteiger partial charge in [0.05, 0.1) is 19.8 Å².